The molecule has 1 fully saturated rings. The summed E-state index contributed by atoms with van der Waals surface area (Å²) in [6.07, 6.45) is 3.88. The van der Waals surface area contributed by atoms with Crippen molar-refractivity contribution in [3.05, 3.63) is 60.7 Å². The Balaban J connectivity index is 1.53. The number of amides is 1. The fraction of sp³-hybridized carbons (Fsp3) is 0.435. The second kappa shape index (κ2) is 11.4. The number of halogens is 3. The van der Waals surface area contributed by atoms with Gasteiger partial charge in [0.25, 0.3) is 0 Å². The Morgan fingerprint density at radius 1 is 1.00 bits per heavy atom. The molecule has 1 heterocycles. The molecule has 0 unspecified atom stereocenters. The van der Waals surface area contributed by atoms with Gasteiger partial charge in [-0.1, -0.05) is 60.7 Å². The van der Waals surface area contributed by atoms with Crippen LogP contribution in [0.2, 0.25) is 0 Å². The van der Waals surface area contributed by atoms with E-state index in [0.29, 0.717) is 18.9 Å². The summed E-state index contributed by atoms with van der Waals surface area (Å²) in [6.45, 7) is 1.68. The second-order valence-corrected chi connectivity index (χ2v) is 12.0. The Hall–Kier alpha value is -1.96. The number of benzene rings is 2. The number of unbranched alkanes of at least 4 members (excludes halogenated alkanes) is 1. The van der Waals surface area contributed by atoms with E-state index < -0.39 is 29.4 Å². The van der Waals surface area contributed by atoms with Gasteiger partial charge >= 0.3 is 15.5 Å². The third-order valence-electron chi connectivity index (χ3n) is 5.68. The number of sulfonamides is 1. The fourth-order valence-corrected chi connectivity index (χ4v) is 7.18. The molecule has 1 aliphatic rings. The molecule has 1 atom stereocenters. The van der Waals surface area contributed by atoms with Crippen molar-refractivity contribution < 1.29 is 26.4 Å². The molecule has 2 aromatic rings. The van der Waals surface area contributed by atoms with Crippen molar-refractivity contribution in [3.63, 3.8) is 0 Å². The Kier molecular flexibility index (Phi) is 8.90. The molecule has 3 rings (SSSR count). The molecule has 1 amide bonds. The molecule has 0 aromatic heterocycles. The van der Waals surface area contributed by atoms with Crippen LogP contribution in [-0.2, 0) is 14.8 Å². The first kappa shape index (κ1) is 25.7. The number of hydrogen-bond acceptors (Lipinski definition) is 4. The first-order valence-corrected chi connectivity index (χ1v) is 13.9. The van der Waals surface area contributed by atoms with E-state index in [1.807, 2.05) is 12.1 Å². The van der Waals surface area contributed by atoms with E-state index in [4.69, 9.17) is 0 Å². The Morgan fingerprint density at radius 2 is 1.58 bits per heavy atom. The molecule has 0 aliphatic carbocycles. The molecule has 0 spiro atoms. The van der Waals surface area contributed by atoms with Gasteiger partial charge in [0.05, 0.1) is 0 Å². The molecule has 33 heavy (non-hydrogen) atoms. The lowest BCUT2D eigenvalue weighted by Gasteiger charge is -2.29. The zero-order chi connectivity index (χ0) is 23.9. The van der Waals surface area contributed by atoms with E-state index in [-0.39, 0.29) is 6.42 Å². The van der Waals surface area contributed by atoms with Crippen LogP contribution in [0.25, 0.3) is 0 Å². The topological polar surface area (TPSA) is 66.5 Å². The van der Waals surface area contributed by atoms with Gasteiger partial charge in [0.15, 0.2) is 0 Å². The monoisotopic (exact) mass is 500 g/mol. The number of carbonyl (C=O) groups is 1. The van der Waals surface area contributed by atoms with Crippen LogP contribution in [0.15, 0.2) is 60.7 Å². The Labute approximate surface area is 194 Å². The van der Waals surface area contributed by atoms with E-state index in [1.54, 1.807) is 0 Å². The third-order valence-corrected chi connectivity index (χ3v) is 9.42. The lowest BCUT2D eigenvalue weighted by molar-refractivity contribution is -0.120. The van der Waals surface area contributed by atoms with Gasteiger partial charge in [-0.05, 0) is 63.5 Å². The van der Waals surface area contributed by atoms with Crippen molar-refractivity contribution >= 4 is 34.5 Å². The molecule has 0 saturated carbocycles. The summed E-state index contributed by atoms with van der Waals surface area (Å²) in [7, 11) is -6.16. The Bertz CT molecular complexity index is 965. The number of carbonyl (C=O) groups excluding carboxylic acids is 1. The first-order chi connectivity index (χ1) is 15.7. The van der Waals surface area contributed by atoms with Gasteiger partial charge < -0.3 is 4.90 Å². The summed E-state index contributed by atoms with van der Waals surface area (Å²) in [5.41, 5.74) is -5.48. The summed E-state index contributed by atoms with van der Waals surface area (Å²) in [6, 6.07) is 21.4. The molecule has 1 aliphatic heterocycles. The van der Waals surface area contributed by atoms with E-state index in [1.165, 1.54) is 10.6 Å². The maximum absolute atomic E-state index is 12.4. The minimum absolute atomic E-state index is 0.255. The zero-order valence-corrected chi connectivity index (χ0v) is 19.9. The summed E-state index contributed by atoms with van der Waals surface area (Å²) >= 11 is 0. The number of likely N-dealkylation sites (tertiary alicyclic amines) is 1. The van der Waals surface area contributed by atoms with Crippen molar-refractivity contribution in [2.24, 2.45) is 0 Å². The van der Waals surface area contributed by atoms with Gasteiger partial charge in [-0.3, -0.25) is 4.79 Å². The zero-order valence-electron chi connectivity index (χ0n) is 18.2. The summed E-state index contributed by atoms with van der Waals surface area (Å²) < 4.78 is 60.2. The van der Waals surface area contributed by atoms with E-state index in [9.17, 15) is 26.4 Å². The third kappa shape index (κ3) is 7.26. The van der Waals surface area contributed by atoms with Crippen LogP contribution in [0.4, 0.5) is 13.2 Å². The van der Waals surface area contributed by atoms with E-state index in [2.05, 4.69) is 53.4 Å². The molecule has 5 nitrogen and oxygen atoms in total. The average Bonchev–Trinajstić information content (AvgIpc) is 3.22. The molecule has 180 valence electrons. The first-order valence-electron chi connectivity index (χ1n) is 10.9. The molecule has 1 N–H and O–H groups in total. The predicted molar refractivity (Wildman–Crippen MR) is 126 cm³/mol. The number of alkyl halides is 3. The maximum Gasteiger partial charge on any atom is 0.516 e. The van der Waals surface area contributed by atoms with Gasteiger partial charge in [-0.25, -0.2) is 4.72 Å². The largest absolute Gasteiger partial charge is 0.516 e. The Morgan fingerprint density at radius 3 is 2.12 bits per heavy atom. The molecule has 2 aromatic carbocycles. The molecule has 0 radical (unpaired) electrons. The van der Waals surface area contributed by atoms with Gasteiger partial charge in [0.2, 0.25) is 5.91 Å². The lowest BCUT2D eigenvalue weighted by Crippen LogP contribution is -2.40. The van der Waals surface area contributed by atoms with Gasteiger partial charge in [-0.2, -0.15) is 21.6 Å². The lowest BCUT2D eigenvalue weighted by atomic mass is 10.2. The molecular formula is C23H28F3N2O3PS. The van der Waals surface area contributed by atoms with Crippen LogP contribution >= 0.6 is 7.92 Å². The quantitative estimate of drug-likeness (QED) is 0.399. The van der Waals surface area contributed by atoms with Crippen LogP contribution < -0.4 is 15.3 Å². The average molecular weight is 501 g/mol. The predicted octanol–water partition coefficient (Wildman–Crippen LogP) is 3.72. The highest BCUT2D eigenvalue weighted by atomic mass is 32.2. The normalized spacial score (nSPS) is 17.4. The minimum Gasteiger partial charge on any atom is -0.300 e. The maximum atomic E-state index is 12.4. The van der Waals surface area contributed by atoms with Crippen LogP contribution in [0.5, 0.6) is 0 Å². The van der Waals surface area contributed by atoms with Crippen molar-refractivity contribution in [1.82, 2.24) is 9.62 Å². The molecule has 0 bridgehead atoms. The van der Waals surface area contributed by atoms with Gasteiger partial charge in [0, 0.05) is 12.5 Å². The molecule has 10 heteroatoms. The second-order valence-electron chi connectivity index (χ2n) is 8.05. The number of nitrogens with zero attached hydrogens (tertiary/aromatic N) is 1. The van der Waals surface area contributed by atoms with Crippen LogP contribution in [-0.4, -0.2) is 50.0 Å². The smallest absolute Gasteiger partial charge is 0.300 e. The summed E-state index contributed by atoms with van der Waals surface area (Å²) in [4.78, 5) is 14.0. The number of hydrogen-bond donors (Lipinski definition) is 1. The van der Waals surface area contributed by atoms with Crippen LogP contribution in [0.3, 0.4) is 0 Å². The van der Waals surface area contributed by atoms with E-state index in [0.717, 1.165) is 36.8 Å². The number of nitrogens with one attached hydrogen (secondary N) is 1. The van der Waals surface area contributed by atoms with Crippen molar-refractivity contribution in [1.29, 1.82) is 0 Å². The van der Waals surface area contributed by atoms with Crippen LogP contribution in [0, 0.1) is 0 Å². The molecule has 1 saturated heterocycles. The van der Waals surface area contributed by atoms with Crippen molar-refractivity contribution in [2.45, 2.75) is 43.7 Å². The molecular weight excluding hydrogens is 472 g/mol. The van der Waals surface area contributed by atoms with E-state index >= 15 is 0 Å². The fourth-order valence-electron chi connectivity index (χ4n) is 4.04. The summed E-state index contributed by atoms with van der Waals surface area (Å²) in [5.74, 6) is -1.12. The minimum atomic E-state index is -5.63. The van der Waals surface area contributed by atoms with Gasteiger partial charge in [0.1, 0.15) is 0 Å². The number of rotatable bonds is 10. The SMILES string of the molecule is O=C(CCCCN1CCC[C@H]1CP(c1ccccc1)c1ccccc1)NS(=O)(=O)C(F)(F)F. The summed E-state index contributed by atoms with van der Waals surface area (Å²) in [5, 5.41) is 2.65. The van der Waals surface area contributed by atoms with Crippen LogP contribution in [0.1, 0.15) is 32.1 Å². The van der Waals surface area contributed by atoms with Crippen molar-refractivity contribution in [3.8, 4) is 0 Å². The highest BCUT2D eigenvalue weighted by molar-refractivity contribution is 7.90. The highest BCUT2D eigenvalue weighted by Crippen LogP contribution is 2.37. The van der Waals surface area contributed by atoms with Crippen molar-refractivity contribution in [2.75, 3.05) is 19.3 Å². The standard InChI is InChI=1S/C23H28F3N2O3PS/c24-23(25,26)33(30,31)27-22(29)15-7-8-16-28-17-9-10-19(28)18-32(20-11-3-1-4-12-20)21-13-5-2-6-14-21/h1-6,11-14,19H,7-10,15-18H2,(H,27,29)/t19-/m0/s1. The highest BCUT2D eigenvalue weighted by Gasteiger charge is 2.46. The van der Waals surface area contributed by atoms with Gasteiger partial charge in [-0.15, -0.1) is 0 Å².